The zero-order valence-corrected chi connectivity index (χ0v) is 11.8. The average molecular weight is 267 g/mol. The van der Waals surface area contributed by atoms with Crippen LogP contribution >= 0.6 is 0 Å². The fourth-order valence-corrected chi connectivity index (χ4v) is 1.71. The van der Waals surface area contributed by atoms with Crippen molar-refractivity contribution >= 4 is 0 Å². The number of β-amino-alcohol motifs (C(OH)–C–C–N with tert-alkyl or cyclic N) is 1. The Morgan fingerprint density at radius 2 is 1.95 bits per heavy atom. The Labute approximate surface area is 115 Å². The van der Waals surface area contributed by atoms with Gasteiger partial charge in [0.15, 0.2) is 0 Å². The minimum atomic E-state index is -0.540. The maximum absolute atomic E-state index is 9.81. The molecule has 108 valence electrons. The first-order valence-electron chi connectivity index (χ1n) is 6.69. The molecular weight excluding hydrogens is 242 g/mol. The van der Waals surface area contributed by atoms with Crippen LogP contribution in [0.3, 0.4) is 0 Å². The number of hydrogen-bond acceptors (Lipinski definition) is 4. The lowest BCUT2D eigenvalue weighted by Crippen LogP contribution is -2.45. The third-order valence-corrected chi connectivity index (χ3v) is 2.97. The molecule has 19 heavy (non-hydrogen) atoms. The monoisotopic (exact) mass is 267 g/mol. The first-order chi connectivity index (χ1) is 9.03. The molecule has 0 fully saturated rings. The molecule has 1 rings (SSSR count). The molecule has 0 bridgehead atoms. The van der Waals surface area contributed by atoms with Gasteiger partial charge in [-0.3, -0.25) is 0 Å². The molecule has 0 saturated carbocycles. The van der Waals surface area contributed by atoms with Crippen LogP contribution in [0.1, 0.15) is 25.8 Å². The van der Waals surface area contributed by atoms with Gasteiger partial charge in [-0.1, -0.05) is 30.3 Å². The number of hydrogen-bond donors (Lipinski definition) is 3. The van der Waals surface area contributed by atoms with Gasteiger partial charge in [0.2, 0.25) is 0 Å². The number of rotatable bonds is 9. The Morgan fingerprint density at radius 1 is 1.26 bits per heavy atom. The van der Waals surface area contributed by atoms with E-state index in [1.165, 1.54) is 0 Å². The predicted octanol–water partition coefficient (Wildman–Crippen LogP) is 1.31. The summed E-state index contributed by atoms with van der Waals surface area (Å²) in [6, 6.07) is 9.89. The lowest BCUT2D eigenvalue weighted by atomic mass is 10.0. The second kappa shape index (κ2) is 8.27. The van der Waals surface area contributed by atoms with Gasteiger partial charge in [0.25, 0.3) is 0 Å². The van der Waals surface area contributed by atoms with Crippen molar-refractivity contribution in [1.29, 1.82) is 0 Å². The van der Waals surface area contributed by atoms with Crippen LogP contribution in [0, 0.1) is 0 Å². The lowest BCUT2D eigenvalue weighted by molar-refractivity contribution is 0.0249. The summed E-state index contributed by atoms with van der Waals surface area (Å²) >= 11 is 0. The highest BCUT2D eigenvalue weighted by Crippen LogP contribution is 2.07. The molecule has 3 N–H and O–H groups in total. The van der Waals surface area contributed by atoms with Gasteiger partial charge in [-0.05, 0) is 25.8 Å². The van der Waals surface area contributed by atoms with Crippen molar-refractivity contribution in [2.45, 2.75) is 38.5 Å². The summed E-state index contributed by atoms with van der Waals surface area (Å²) in [5.74, 6) is 0. The van der Waals surface area contributed by atoms with Gasteiger partial charge in [-0.15, -0.1) is 0 Å². The van der Waals surface area contributed by atoms with E-state index in [0.717, 1.165) is 5.56 Å². The second-order valence-corrected chi connectivity index (χ2v) is 5.39. The van der Waals surface area contributed by atoms with E-state index >= 15 is 0 Å². The smallest absolute Gasteiger partial charge is 0.0898 e. The summed E-state index contributed by atoms with van der Waals surface area (Å²) in [7, 11) is 0. The summed E-state index contributed by atoms with van der Waals surface area (Å²) in [5.41, 5.74) is 0.929. The molecule has 0 spiro atoms. The van der Waals surface area contributed by atoms with Crippen LogP contribution in [0.15, 0.2) is 30.3 Å². The molecule has 0 aliphatic carbocycles. The summed E-state index contributed by atoms with van der Waals surface area (Å²) < 4.78 is 5.47. The van der Waals surface area contributed by atoms with Crippen molar-refractivity contribution in [3.63, 3.8) is 0 Å². The molecule has 4 heteroatoms. The highest BCUT2D eigenvalue weighted by atomic mass is 16.5. The second-order valence-electron chi connectivity index (χ2n) is 5.39. The van der Waals surface area contributed by atoms with Crippen LogP contribution in [0.4, 0.5) is 0 Å². The predicted molar refractivity (Wildman–Crippen MR) is 75.9 cm³/mol. The van der Waals surface area contributed by atoms with E-state index < -0.39 is 6.10 Å². The molecule has 0 aromatic heterocycles. The van der Waals surface area contributed by atoms with Crippen LogP contribution < -0.4 is 5.32 Å². The molecule has 0 aliphatic rings. The van der Waals surface area contributed by atoms with Crippen LogP contribution in [0.25, 0.3) is 0 Å². The number of ether oxygens (including phenoxy) is 1. The number of aliphatic hydroxyl groups excluding tert-OH is 2. The lowest BCUT2D eigenvalue weighted by Gasteiger charge is -2.27. The van der Waals surface area contributed by atoms with Crippen molar-refractivity contribution in [2.24, 2.45) is 0 Å². The maximum atomic E-state index is 9.81. The highest BCUT2D eigenvalue weighted by molar-refractivity contribution is 5.13. The average Bonchev–Trinajstić information content (AvgIpc) is 2.38. The van der Waals surface area contributed by atoms with Crippen molar-refractivity contribution < 1.29 is 14.9 Å². The normalized spacial score (nSPS) is 13.5. The maximum Gasteiger partial charge on any atom is 0.0898 e. The molecule has 1 aromatic rings. The molecular formula is C15H25NO3. The summed E-state index contributed by atoms with van der Waals surface area (Å²) in [6.07, 6.45) is 0.117. The van der Waals surface area contributed by atoms with E-state index in [0.29, 0.717) is 26.2 Å². The van der Waals surface area contributed by atoms with Crippen molar-refractivity contribution in [1.82, 2.24) is 5.32 Å². The zero-order chi connectivity index (χ0) is 14.1. The number of aliphatic hydroxyl groups is 2. The largest absolute Gasteiger partial charge is 0.396 e. The fraction of sp³-hybridized carbons (Fsp3) is 0.600. The SMILES string of the molecule is CC(C)(CCO)NCC(O)COCc1ccccc1. The third-order valence-electron chi connectivity index (χ3n) is 2.97. The van der Waals surface area contributed by atoms with E-state index in [1.807, 2.05) is 44.2 Å². The molecule has 1 aromatic carbocycles. The third kappa shape index (κ3) is 7.28. The van der Waals surface area contributed by atoms with E-state index in [-0.39, 0.29) is 12.1 Å². The van der Waals surface area contributed by atoms with Gasteiger partial charge in [-0.25, -0.2) is 0 Å². The molecule has 0 aliphatic heterocycles. The molecule has 0 amide bonds. The van der Waals surface area contributed by atoms with Crippen molar-refractivity contribution in [2.75, 3.05) is 19.8 Å². The van der Waals surface area contributed by atoms with Gasteiger partial charge >= 0.3 is 0 Å². The topological polar surface area (TPSA) is 61.7 Å². The minimum absolute atomic E-state index is 0.139. The first-order valence-corrected chi connectivity index (χ1v) is 6.69. The fourth-order valence-electron chi connectivity index (χ4n) is 1.71. The Hall–Kier alpha value is -0.940. The van der Waals surface area contributed by atoms with Crippen LogP contribution in [-0.2, 0) is 11.3 Å². The van der Waals surface area contributed by atoms with Gasteiger partial charge in [-0.2, -0.15) is 0 Å². The Balaban J connectivity index is 2.16. The van der Waals surface area contributed by atoms with Crippen LogP contribution in [-0.4, -0.2) is 41.6 Å². The Bertz CT molecular complexity index is 341. The highest BCUT2D eigenvalue weighted by Gasteiger charge is 2.17. The molecule has 0 saturated heterocycles. The number of benzene rings is 1. The first kappa shape index (κ1) is 16.1. The van der Waals surface area contributed by atoms with Crippen LogP contribution in [0.5, 0.6) is 0 Å². The number of nitrogens with one attached hydrogen (secondary N) is 1. The molecule has 1 atom stereocenters. The van der Waals surface area contributed by atoms with E-state index in [9.17, 15) is 5.11 Å². The van der Waals surface area contributed by atoms with Gasteiger partial charge in [0.05, 0.1) is 19.3 Å². The zero-order valence-electron chi connectivity index (χ0n) is 11.8. The minimum Gasteiger partial charge on any atom is -0.396 e. The van der Waals surface area contributed by atoms with Crippen LogP contribution in [0.2, 0.25) is 0 Å². The summed E-state index contributed by atoms with van der Waals surface area (Å²) in [6.45, 7) is 5.42. The van der Waals surface area contributed by atoms with E-state index in [4.69, 9.17) is 9.84 Å². The quantitative estimate of drug-likeness (QED) is 0.631. The molecule has 0 heterocycles. The van der Waals surface area contributed by atoms with Crippen molar-refractivity contribution in [3.05, 3.63) is 35.9 Å². The van der Waals surface area contributed by atoms with E-state index in [1.54, 1.807) is 0 Å². The van der Waals surface area contributed by atoms with Gasteiger partial charge in [0, 0.05) is 18.7 Å². The molecule has 4 nitrogen and oxygen atoms in total. The Kier molecular flexibility index (Phi) is 7.02. The van der Waals surface area contributed by atoms with Gasteiger partial charge < -0.3 is 20.3 Å². The van der Waals surface area contributed by atoms with Crippen molar-refractivity contribution in [3.8, 4) is 0 Å². The molecule has 1 unspecified atom stereocenters. The summed E-state index contributed by atoms with van der Waals surface area (Å²) in [5, 5.41) is 21.9. The summed E-state index contributed by atoms with van der Waals surface area (Å²) in [4.78, 5) is 0. The van der Waals surface area contributed by atoms with E-state index in [2.05, 4.69) is 5.32 Å². The molecule has 0 radical (unpaired) electrons. The Morgan fingerprint density at radius 3 is 2.58 bits per heavy atom. The van der Waals surface area contributed by atoms with Gasteiger partial charge in [0.1, 0.15) is 0 Å². The standard InChI is InChI=1S/C15H25NO3/c1-15(2,8-9-17)16-10-14(18)12-19-11-13-6-4-3-5-7-13/h3-7,14,16-18H,8-12H2,1-2H3.